The second-order valence-electron chi connectivity index (χ2n) is 3.73. The molecule has 2 N–H and O–H groups in total. The van der Waals surface area contributed by atoms with Gasteiger partial charge in [-0.15, -0.1) is 0 Å². The van der Waals surface area contributed by atoms with Gasteiger partial charge in [0.05, 0.1) is 12.2 Å². The molecule has 1 aliphatic heterocycles. The monoisotopic (exact) mass is 187 g/mol. The highest BCUT2D eigenvalue weighted by atomic mass is 16.5. The van der Waals surface area contributed by atoms with Gasteiger partial charge in [-0.25, -0.2) is 0 Å². The van der Waals surface area contributed by atoms with Crippen molar-refractivity contribution in [3.63, 3.8) is 0 Å². The van der Waals surface area contributed by atoms with Crippen molar-refractivity contribution in [2.75, 3.05) is 19.7 Å². The maximum absolute atomic E-state index is 9.59. The van der Waals surface area contributed by atoms with Crippen LogP contribution in [0.4, 0.5) is 0 Å². The zero-order valence-electron chi connectivity index (χ0n) is 8.46. The topological polar surface area (TPSA) is 41.5 Å². The Balaban J connectivity index is 1.99. The lowest BCUT2D eigenvalue weighted by atomic mass is 10.1. The molecule has 1 fully saturated rings. The minimum atomic E-state index is -0.241. The van der Waals surface area contributed by atoms with Gasteiger partial charge in [0.1, 0.15) is 0 Å². The summed E-state index contributed by atoms with van der Waals surface area (Å²) in [5, 5.41) is 12.8. The van der Waals surface area contributed by atoms with Crippen LogP contribution in [0.2, 0.25) is 0 Å². The van der Waals surface area contributed by atoms with E-state index in [0.717, 1.165) is 38.8 Å². The maximum Gasteiger partial charge on any atom is 0.0689 e. The van der Waals surface area contributed by atoms with E-state index < -0.39 is 0 Å². The van der Waals surface area contributed by atoms with Crippen LogP contribution < -0.4 is 5.32 Å². The third-order valence-electron chi connectivity index (χ3n) is 2.37. The van der Waals surface area contributed by atoms with Gasteiger partial charge in [-0.1, -0.05) is 6.92 Å². The number of nitrogens with one attached hydrogen (secondary N) is 1. The molecule has 1 saturated heterocycles. The third-order valence-corrected chi connectivity index (χ3v) is 2.37. The van der Waals surface area contributed by atoms with Crippen LogP contribution in [0.25, 0.3) is 0 Å². The number of hydrogen-bond acceptors (Lipinski definition) is 3. The summed E-state index contributed by atoms with van der Waals surface area (Å²) in [4.78, 5) is 0. The molecule has 0 spiro atoms. The second-order valence-corrected chi connectivity index (χ2v) is 3.73. The molecular formula is C10H21NO2. The smallest absolute Gasteiger partial charge is 0.0689 e. The van der Waals surface area contributed by atoms with Crippen molar-refractivity contribution < 1.29 is 9.84 Å². The normalized spacial score (nSPS) is 24.9. The standard InChI is InChI=1S/C10H21NO2/c1-2-5-11-8-9(12)7-10-4-3-6-13-10/h9-12H,2-8H2,1H3. The average molecular weight is 187 g/mol. The summed E-state index contributed by atoms with van der Waals surface area (Å²) in [7, 11) is 0. The number of rotatable bonds is 6. The first-order valence-electron chi connectivity index (χ1n) is 5.33. The fraction of sp³-hybridized carbons (Fsp3) is 1.00. The second kappa shape index (κ2) is 6.35. The van der Waals surface area contributed by atoms with Crippen molar-refractivity contribution >= 4 is 0 Å². The van der Waals surface area contributed by atoms with Crippen LogP contribution in [0.3, 0.4) is 0 Å². The fourth-order valence-electron chi connectivity index (χ4n) is 1.66. The van der Waals surface area contributed by atoms with Gasteiger partial charge in [0, 0.05) is 19.6 Å². The zero-order valence-corrected chi connectivity index (χ0v) is 8.46. The molecule has 0 aromatic heterocycles. The molecular weight excluding hydrogens is 166 g/mol. The molecule has 0 bridgehead atoms. The van der Waals surface area contributed by atoms with Crippen molar-refractivity contribution in [2.24, 2.45) is 0 Å². The van der Waals surface area contributed by atoms with Gasteiger partial charge >= 0.3 is 0 Å². The van der Waals surface area contributed by atoms with Gasteiger partial charge in [0.25, 0.3) is 0 Å². The van der Waals surface area contributed by atoms with Crippen LogP contribution in [0, 0.1) is 0 Å². The Morgan fingerprint density at radius 3 is 3.08 bits per heavy atom. The molecule has 78 valence electrons. The van der Waals surface area contributed by atoms with Gasteiger partial charge in [-0.2, -0.15) is 0 Å². The predicted octanol–water partition coefficient (Wildman–Crippen LogP) is 0.916. The lowest BCUT2D eigenvalue weighted by Gasteiger charge is -2.15. The van der Waals surface area contributed by atoms with Crippen LogP contribution in [0.1, 0.15) is 32.6 Å². The minimum absolute atomic E-state index is 0.241. The molecule has 0 radical (unpaired) electrons. The first-order chi connectivity index (χ1) is 6.33. The molecule has 0 saturated carbocycles. The first-order valence-corrected chi connectivity index (χ1v) is 5.33. The van der Waals surface area contributed by atoms with Gasteiger partial charge in [-0.3, -0.25) is 0 Å². The SMILES string of the molecule is CCCNCC(O)CC1CCCO1. The number of aliphatic hydroxyl groups excluding tert-OH is 1. The van der Waals surface area contributed by atoms with E-state index in [0.29, 0.717) is 12.6 Å². The van der Waals surface area contributed by atoms with E-state index in [4.69, 9.17) is 4.74 Å². The molecule has 0 aromatic rings. The van der Waals surface area contributed by atoms with E-state index in [1.165, 1.54) is 0 Å². The number of aliphatic hydroxyl groups is 1. The largest absolute Gasteiger partial charge is 0.392 e. The van der Waals surface area contributed by atoms with E-state index in [9.17, 15) is 5.11 Å². The van der Waals surface area contributed by atoms with Crippen LogP contribution in [-0.2, 0) is 4.74 Å². The number of ether oxygens (including phenoxy) is 1. The van der Waals surface area contributed by atoms with E-state index >= 15 is 0 Å². The van der Waals surface area contributed by atoms with Gasteiger partial charge in [0.15, 0.2) is 0 Å². The summed E-state index contributed by atoms with van der Waals surface area (Å²) in [5.74, 6) is 0. The molecule has 0 amide bonds. The molecule has 13 heavy (non-hydrogen) atoms. The van der Waals surface area contributed by atoms with Crippen molar-refractivity contribution in [1.82, 2.24) is 5.32 Å². The van der Waals surface area contributed by atoms with Crippen LogP contribution in [0.15, 0.2) is 0 Å². The lowest BCUT2D eigenvalue weighted by Crippen LogP contribution is -2.30. The zero-order chi connectivity index (χ0) is 9.52. The Morgan fingerprint density at radius 1 is 1.62 bits per heavy atom. The highest BCUT2D eigenvalue weighted by molar-refractivity contribution is 4.70. The van der Waals surface area contributed by atoms with E-state index in [1.54, 1.807) is 0 Å². The first kappa shape index (κ1) is 11.0. The maximum atomic E-state index is 9.59. The van der Waals surface area contributed by atoms with Crippen molar-refractivity contribution in [2.45, 2.75) is 44.8 Å². The fourth-order valence-corrected chi connectivity index (χ4v) is 1.66. The van der Waals surface area contributed by atoms with Gasteiger partial charge < -0.3 is 15.2 Å². The quantitative estimate of drug-likeness (QED) is 0.607. The van der Waals surface area contributed by atoms with E-state index in [1.807, 2.05) is 0 Å². The van der Waals surface area contributed by atoms with Gasteiger partial charge in [-0.05, 0) is 25.8 Å². The van der Waals surface area contributed by atoms with E-state index in [-0.39, 0.29) is 6.10 Å². The van der Waals surface area contributed by atoms with Crippen molar-refractivity contribution in [3.05, 3.63) is 0 Å². The molecule has 3 nitrogen and oxygen atoms in total. The minimum Gasteiger partial charge on any atom is -0.392 e. The Bertz CT molecular complexity index is 124. The lowest BCUT2D eigenvalue weighted by molar-refractivity contribution is 0.0539. The molecule has 0 aliphatic carbocycles. The number of hydrogen-bond donors (Lipinski definition) is 2. The Kier molecular flexibility index (Phi) is 5.35. The molecule has 3 heteroatoms. The Hall–Kier alpha value is -0.120. The molecule has 1 heterocycles. The molecule has 1 rings (SSSR count). The molecule has 1 aliphatic rings. The molecule has 2 atom stereocenters. The highest BCUT2D eigenvalue weighted by Gasteiger charge is 2.18. The van der Waals surface area contributed by atoms with Gasteiger partial charge in [0.2, 0.25) is 0 Å². The van der Waals surface area contributed by atoms with Crippen molar-refractivity contribution in [3.8, 4) is 0 Å². The molecule has 2 unspecified atom stereocenters. The average Bonchev–Trinajstić information content (AvgIpc) is 2.57. The summed E-state index contributed by atoms with van der Waals surface area (Å²) in [6.45, 7) is 4.69. The van der Waals surface area contributed by atoms with E-state index in [2.05, 4.69) is 12.2 Å². The summed E-state index contributed by atoms with van der Waals surface area (Å²) in [5.41, 5.74) is 0. The Morgan fingerprint density at radius 2 is 2.46 bits per heavy atom. The van der Waals surface area contributed by atoms with Crippen LogP contribution >= 0.6 is 0 Å². The van der Waals surface area contributed by atoms with Crippen LogP contribution in [-0.4, -0.2) is 37.0 Å². The summed E-state index contributed by atoms with van der Waals surface area (Å²) in [6, 6.07) is 0. The third kappa shape index (κ3) is 4.60. The van der Waals surface area contributed by atoms with Crippen molar-refractivity contribution in [1.29, 1.82) is 0 Å². The van der Waals surface area contributed by atoms with Crippen LogP contribution in [0.5, 0.6) is 0 Å². The summed E-state index contributed by atoms with van der Waals surface area (Å²) in [6.07, 6.45) is 4.24. The predicted molar refractivity (Wildman–Crippen MR) is 52.8 cm³/mol. The molecule has 0 aromatic carbocycles. The highest BCUT2D eigenvalue weighted by Crippen LogP contribution is 2.16. The summed E-state index contributed by atoms with van der Waals surface area (Å²) < 4.78 is 5.44. The summed E-state index contributed by atoms with van der Waals surface area (Å²) >= 11 is 0. The Labute approximate surface area is 80.5 Å².